The maximum atomic E-state index is 4.72. The lowest BCUT2D eigenvalue weighted by molar-refractivity contribution is 0.157. The van der Waals surface area contributed by atoms with Gasteiger partial charge in [-0.1, -0.05) is 6.42 Å². The third kappa shape index (κ3) is 3.83. The predicted molar refractivity (Wildman–Crippen MR) is 104 cm³/mol. The summed E-state index contributed by atoms with van der Waals surface area (Å²) < 4.78 is 1.95. The first-order chi connectivity index (χ1) is 12.7. The van der Waals surface area contributed by atoms with Crippen molar-refractivity contribution in [2.24, 2.45) is 0 Å². The molecular weight excluding hydrogens is 326 g/mol. The Morgan fingerprint density at radius 1 is 0.923 bits per heavy atom. The minimum Gasteiger partial charge on any atom is -0.361 e. The van der Waals surface area contributed by atoms with Crippen LogP contribution < -0.4 is 4.90 Å². The molecule has 0 amide bonds. The number of likely N-dealkylation sites (tertiary alicyclic amines) is 2. The molecule has 0 aromatic carbocycles. The summed E-state index contributed by atoms with van der Waals surface area (Å²) in [6, 6.07) is 4.00. The summed E-state index contributed by atoms with van der Waals surface area (Å²) in [5.41, 5.74) is 0.845. The fourth-order valence-electron chi connectivity index (χ4n) is 4.17. The van der Waals surface area contributed by atoms with Gasteiger partial charge in [0.15, 0.2) is 11.5 Å². The standard InChI is InChI=1S/C19H31N7/c1-23(2)18-7-6-17-20-21-19(26(17)22-18)16-8-12-25(13-9-16)15-14-24-10-4-3-5-11-24/h6-7,16H,3-5,8-15H2,1-2H3. The van der Waals surface area contributed by atoms with Gasteiger partial charge in [-0.15, -0.1) is 15.3 Å². The van der Waals surface area contributed by atoms with Crippen LogP contribution >= 0.6 is 0 Å². The number of anilines is 1. The molecule has 4 rings (SSSR count). The minimum atomic E-state index is 0.459. The van der Waals surface area contributed by atoms with Crippen LogP contribution in [-0.4, -0.2) is 83.0 Å². The van der Waals surface area contributed by atoms with Crippen LogP contribution in [0.4, 0.5) is 5.82 Å². The smallest absolute Gasteiger partial charge is 0.178 e. The van der Waals surface area contributed by atoms with Gasteiger partial charge in [-0.2, -0.15) is 4.52 Å². The van der Waals surface area contributed by atoms with Crippen LogP contribution in [0.25, 0.3) is 5.65 Å². The van der Waals surface area contributed by atoms with Gasteiger partial charge in [-0.3, -0.25) is 0 Å². The first-order valence-corrected chi connectivity index (χ1v) is 10.0. The molecule has 2 aromatic heterocycles. The lowest BCUT2D eigenvalue weighted by Gasteiger charge is -2.34. The number of hydrogen-bond acceptors (Lipinski definition) is 6. The zero-order valence-corrected chi connectivity index (χ0v) is 16.1. The van der Waals surface area contributed by atoms with Gasteiger partial charge in [0.2, 0.25) is 0 Å². The highest BCUT2D eigenvalue weighted by atomic mass is 15.4. The van der Waals surface area contributed by atoms with Crippen molar-refractivity contribution in [1.82, 2.24) is 29.6 Å². The summed E-state index contributed by atoms with van der Waals surface area (Å²) in [4.78, 5) is 7.27. The highest BCUT2D eigenvalue weighted by Crippen LogP contribution is 2.27. The summed E-state index contributed by atoms with van der Waals surface area (Å²) in [5, 5.41) is 13.5. The van der Waals surface area contributed by atoms with Crippen molar-refractivity contribution in [2.75, 3.05) is 58.3 Å². The van der Waals surface area contributed by atoms with Crippen molar-refractivity contribution in [3.8, 4) is 0 Å². The van der Waals surface area contributed by atoms with Crippen molar-refractivity contribution in [2.45, 2.75) is 38.0 Å². The molecule has 0 N–H and O–H groups in total. The normalized spacial score (nSPS) is 20.7. The number of aromatic nitrogens is 4. The second-order valence-corrected chi connectivity index (χ2v) is 7.93. The van der Waals surface area contributed by atoms with Crippen molar-refractivity contribution < 1.29 is 0 Å². The first-order valence-electron chi connectivity index (χ1n) is 10.0. The lowest BCUT2D eigenvalue weighted by Crippen LogP contribution is -2.41. The molecule has 0 spiro atoms. The molecule has 0 radical (unpaired) electrons. The summed E-state index contributed by atoms with van der Waals surface area (Å²) in [6.07, 6.45) is 6.47. The zero-order valence-electron chi connectivity index (χ0n) is 16.1. The van der Waals surface area contributed by atoms with E-state index in [1.54, 1.807) is 0 Å². The van der Waals surface area contributed by atoms with Crippen LogP contribution in [0.1, 0.15) is 43.8 Å². The third-order valence-corrected chi connectivity index (χ3v) is 5.86. The van der Waals surface area contributed by atoms with E-state index in [0.717, 1.165) is 43.2 Å². The van der Waals surface area contributed by atoms with E-state index >= 15 is 0 Å². The predicted octanol–water partition coefficient (Wildman–Crippen LogP) is 1.86. The molecule has 2 fully saturated rings. The molecular formula is C19H31N7. The summed E-state index contributed by atoms with van der Waals surface area (Å²) in [6.45, 7) is 7.33. The van der Waals surface area contributed by atoms with Gasteiger partial charge in [0.05, 0.1) is 0 Å². The van der Waals surface area contributed by atoms with E-state index in [0.29, 0.717) is 5.92 Å². The molecule has 0 saturated carbocycles. The fraction of sp³-hybridized carbons (Fsp3) is 0.737. The Morgan fingerprint density at radius 3 is 2.31 bits per heavy atom. The molecule has 0 atom stereocenters. The van der Waals surface area contributed by atoms with Crippen LogP contribution in [0, 0.1) is 0 Å². The molecule has 2 aliphatic rings. The average Bonchev–Trinajstić information content (AvgIpc) is 3.11. The van der Waals surface area contributed by atoms with Gasteiger partial charge in [0, 0.05) is 33.1 Å². The number of hydrogen-bond donors (Lipinski definition) is 0. The fourth-order valence-corrected chi connectivity index (χ4v) is 4.17. The Balaban J connectivity index is 1.35. The SMILES string of the molecule is CN(C)c1ccc2nnc(C3CCN(CCN4CCCCC4)CC3)n2n1. The largest absolute Gasteiger partial charge is 0.361 e. The highest BCUT2D eigenvalue weighted by molar-refractivity contribution is 5.45. The van der Waals surface area contributed by atoms with Crippen LogP contribution in [0.2, 0.25) is 0 Å². The minimum absolute atomic E-state index is 0.459. The Labute approximate surface area is 156 Å². The summed E-state index contributed by atoms with van der Waals surface area (Å²) >= 11 is 0. The Kier molecular flexibility index (Phi) is 5.36. The van der Waals surface area contributed by atoms with E-state index < -0.39 is 0 Å². The van der Waals surface area contributed by atoms with Gasteiger partial charge >= 0.3 is 0 Å². The molecule has 2 saturated heterocycles. The number of fused-ring (bicyclic) bond motifs is 1. The maximum absolute atomic E-state index is 4.72. The second-order valence-electron chi connectivity index (χ2n) is 7.93. The zero-order chi connectivity index (χ0) is 17.9. The molecule has 0 aliphatic carbocycles. The maximum Gasteiger partial charge on any atom is 0.178 e. The molecule has 0 unspecified atom stereocenters. The Hall–Kier alpha value is -1.73. The quantitative estimate of drug-likeness (QED) is 0.814. The lowest BCUT2D eigenvalue weighted by atomic mass is 9.96. The monoisotopic (exact) mass is 357 g/mol. The van der Waals surface area contributed by atoms with Gasteiger partial charge in [-0.05, 0) is 64.0 Å². The summed E-state index contributed by atoms with van der Waals surface area (Å²) in [5.74, 6) is 2.43. The molecule has 4 heterocycles. The molecule has 0 bridgehead atoms. The van der Waals surface area contributed by atoms with E-state index in [4.69, 9.17) is 5.10 Å². The second kappa shape index (κ2) is 7.88. The van der Waals surface area contributed by atoms with E-state index in [-0.39, 0.29) is 0 Å². The third-order valence-electron chi connectivity index (χ3n) is 5.86. The highest BCUT2D eigenvalue weighted by Gasteiger charge is 2.25. The average molecular weight is 358 g/mol. The van der Waals surface area contributed by atoms with Gasteiger partial charge in [0.1, 0.15) is 5.82 Å². The molecule has 7 nitrogen and oxygen atoms in total. The van der Waals surface area contributed by atoms with Crippen LogP contribution in [0.3, 0.4) is 0 Å². The van der Waals surface area contributed by atoms with E-state index in [2.05, 4.69) is 20.0 Å². The molecule has 2 aromatic rings. The molecule has 2 aliphatic heterocycles. The number of piperidine rings is 2. The number of rotatable bonds is 5. The number of nitrogens with zero attached hydrogens (tertiary/aromatic N) is 7. The van der Waals surface area contributed by atoms with E-state index in [1.807, 2.05) is 35.6 Å². The molecule has 142 valence electrons. The Morgan fingerprint density at radius 2 is 1.62 bits per heavy atom. The van der Waals surface area contributed by atoms with Crippen molar-refractivity contribution >= 4 is 11.5 Å². The molecule has 7 heteroatoms. The van der Waals surface area contributed by atoms with E-state index in [9.17, 15) is 0 Å². The molecule has 26 heavy (non-hydrogen) atoms. The van der Waals surface area contributed by atoms with Crippen molar-refractivity contribution in [3.05, 3.63) is 18.0 Å². The van der Waals surface area contributed by atoms with E-state index in [1.165, 1.54) is 45.4 Å². The summed E-state index contributed by atoms with van der Waals surface area (Å²) in [7, 11) is 4.03. The van der Waals surface area contributed by atoms with Crippen LogP contribution in [0.15, 0.2) is 12.1 Å². The van der Waals surface area contributed by atoms with Crippen molar-refractivity contribution in [3.63, 3.8) is 0 Å². The first kappa shape index (κ1) is 17.7. The van der Waals surface area contributed by atoms with Gasteiger partial charge < -0.3 is 14.7 Å². The van der Waals surface area contributed by atoms with Gasteiger partial charge in [0.25, 0.3) is 0 Å². The topological polar surface area (TPSA) is 52.8 Å². The van der Waals surface area contributed by atoms with Crippen LogP contribution in [0.5, 0.6) is 0 Å². The van der Waals surface area contributed by atoms with Crippen LogP contribution in [-0.2, 0) is 0 Å². The van der Waals surface area contributed by atoms with Gasteiger partial charge in [-0.25, -0.2) is 0 Å². The van der Waals surface area contributed by atoms with Crippen molar-refractivity contribution in [1.29, 1.82) is 0 Å². The Bertz CT molecular complexity index is 712.